The highest BCUT2D eigenvalue weighted by Gasteiger charge is 2.25. The van der Waals surface area contributed by atoms with Crippen LogP contribution in [-0.4, -0.2) is 56.2 Å². The van der Waals surface area contributed by atoms with Crippen molar-refractivity contribution in [2.24, 2.45) is 5.92 Å². The molecule has 6 heteroatoms. The van der Waals surface area contributed by atoms with Gasteiger partial charge in [-0.15, -0.1) is 0 Å². The average molecular weight is 346 g/mol. The lowest BCUT2D eigenvalue weighted by molar-refractivity contribution is -0.137. The third kappa shape index (κ3) is 5.19. The Morgan fingerprint density at radius 1 is 1.28 bits per heavy atom. The van der Waals surface area contributed by atoms with Crippen LogP contribution in [0, 0.1) is 5.92 Å². The van der Waals surface area contributed by atoms with Gasteiger partial charge in [0.05, 0.1) is 6.61 Å². The number of carbonyl (C=O) groups is 2. The summed E-state index contributed by atoms with van der Waals surface area (Å²) in [5.74, 6) is 0.996. The number of nitrogens with zero attached hydrogens (tertiary/aromatic N) is 1. The number of likely N-dealkylation sites (tertiary alicyclic amines) is 1. The number of amides is 2. The van der Waals surface area contributed by atoms with Crippen LogP contribution in [0.4, 0.5) is 0 Å². The normalized spacial score (nSPS) is 20.2. The van der Waals surface area contributed by atoms with E-state index < -0.39 is 0 Å². The summed E-state index contributed by atoms with van der Waals surface area (Å²) in [5, 5.41) is 2.98. The Bertz CT molecular complexity index is 615. The molecule has 1 aliphatic heterocycles. The van der Waals surface area contributed by atoms with Crippen LogP contribution < -0.4 is 10.1 Å². The summed E-state index contributed by atoms with van der Waals surface area (Å²) in [5.41, 5.74) is 0.630. The fraction of sp³-hybridized carbons (Fsp3) is 0.579. The third-order valence-corrected chi connectivity index (χ3v) is 4.63. The number of hydrogen-bond acceptors (Lipinski definition) is 4. The first-order chi connectivity index (χ1) is 12.2. The Kier molecular flexibility index (Phi) is 5.91. The van der Waals surface area contributed by atoms with Crippen molar-refractivity contribution < 1.29 is 19.1 Å². The first-order valence-electron chi connectivity index (χ1n) is 8.96. The molecule has 0 bridgehead atoms. The van der Waals surface area contributed by atoms with Crippen molar-refractivity contribution in [1.82, 2.24) is 10.2 Å². The molecule has 1 N–H and O–H groups in total. The summed E-state index contributed by atoms with van der Waals surface area (Å²) in [7, 11) is 1.54. The van der Waals surface area contributed by atoms with Gasteiger partial charge in [-0.2, -0.15) is 0 Å². The van der Waals surface area contributed by atoms with Gasteiger partial charge in [-0.25, -0.2) is 0 Å². The van der Waals surface area contributed by atoms with Gasteiger partial charge < -0.3 is 19.7 Å². The van der Waals surface area contributed by atoms with Gasteiger partial charge in [-0.1, -0.05) is 6.07 Å². The molecule has 2 fully saturated rings. The topological polar surface area (TPSA) is 67.9 Å². The predicted molar refractivity (Wildman–Crippen MR) is 93.6 cm³/mol. The number of methoxy groups -OCH3 is 1. The first kappa shape index (κ1) is 17.7. The number of ether oxygens (including phenoxy) is 2. The summed E-state index contributed by atoms with van der Waals surface area (Å²) < 4.78 is 10.8. The molecule has 3 rings (SSSR count). The quantitative estimate of drug-likeness (QED) is 0.818. The molecular weight excluding hydrogens is 320 g/mol. The highest BCUT2D eigenvalue weighted by Crippen LogP contribution is 2.22. The smallest absolute Gasteiger partial charge is 0.251 e. The molecule has 1 saturated heterocycles. The maximum absolute atomic E-state index is 12.1. The molecule has 136 valence electrons. The molecular formula is C19H26N2O4. The summed E-state index contributed by atoms with van der Waals surface area (Å²) in [6.07, 6.45) is 4.16. The van der Waals surface area contributed by atoms with Gasteiger partial charge in [0.2, 0.25) is 5.91 Å². The zero-order valence-corrected chi connectivity index (χ0v) is 14.7. The van der Waals surface area contributed by atoms with E-state index in [-0.39, 0.29) is 18.4 Å². The van der Waals surface area contributed by atoms with Crippen molar-refractivity contribution in [3.05, 3.63) is 29.8 Å². The molecule has 25 heavy (non-hydrogen) atoms. The van der Waals surface area contributed by atoms with Crippen molar-refractivity contribution in [2.75, 3.05) is 33.4 Å². The minimum Gasteiger partial charge on any atom is -0.493 e. The SMILES string of the molecule is COCC(=O)N1CCC[C@@H](COc2cccc(C(=O)NC3CC3)c2)C1. The number of benzene rings is 1. The standard InChI is InChI=1S/C19H26N2O4/c1-24-13-18(22)21-9-3-4-14(11-21)12-25-17-6-2-5-15(10-17)19(23)20-16-7-8-16/h2,5-6,10,14,16H,3-4,7-9,11-13H2,1H3,(H,20,23)/t14-/m1/s1. The predicted octanol–water partition coefficient (Wildman–Crippen LogP) is 1.84. The van der Waals surface area contributed by atoms with Gasteiger partial charge in [-0.05, 0) is 43.9 Å². The Labute approximate surface area is 148 Å². The van der Waals surface area contributed by atoms with Crippen LogP contribution in [0.15, 0.2) is 24.3 Å². The van der Waals surface area contributed by atoms with Gasteiger partial charge in [0.1, 0.15) is 12.4 Å². The highest BCUT2D eigenvalue weighted by molar-refractivity contribution is 5.94. The maximum Gasteiger partial charge on any atom is 0.251 e. The number of hydrogen-bond donors (Lipinski definition) is 1. The lowest BCUT2D eigenvalue weighted by Crippen LogP contribution is -2.43. The van der Waals surface area contributed by atoms with Crippen molar-refractivity contribution >= 4 is 11.8 Å². The molecule has 6 nitrogen and oxygen atoms in total. The van der Waals surface area contributed by atoms with Crippen molar-refractivity contribution in [1.29, 1.82) is 0 Å². The molecule has 2 aliphatic rings. The lowest BCUT2D eigenvalue weighted by atomic mass is 9.99. The second-order valence-electron chi connectivity index (χ2n) is 6.87. The van der Waals surface area contributed by atoms with Crippen LogP contribution in [0.3, 0.4) is 0 Å². The molecule has 1 saturated carbocycles. The van der Waals surface area contributed by atoms with E-state index in [9.17, 15) is 9.59 Å². The number of nitrogens with one attached hydrogen (secondary N) is 1. The zero-order valence-electron chi connectivity index (χ0n) is 14.7. The Morgan fingerprint density at radius 3 is 2.88 bits per heavy atom. The Morgan fingerprint density at radius 2 is 2.12 bits per heavy atom. The number of rotatable bonds is 7. The molecule has 1 heterocycles. The van der Waals surface area contributed by atoms with E-state index >= 15 is 0 Å². The number of carbonyl (C=O) groups excluding carboxylic acids is 2. The Hall–Kier alpha value is -2.08. The van der Waals surface area contributed by atoms with Crippen LogP contribution in [0.25, 0.3) is 0 Å². The third-order valence-electron chi connectivity index (χ3n) is 4.63. The minimum atomic E-state index is -0.0399. The second-order valence-corrected chi connectivity index (χ2v) is 6.87. The van der Waals surface area contributed by atoms with E-state index in [1.165, 1.54) is 7.11 Å². The fourth-order valence-electron chi connectivity index (χ4n) is 3.08. The Balaban J connectivity index is 1.50. The van der Waals surface area contributed by atoms with Crippen LogP contribution in [-0.2, 0) is 9.53 Å². The fourth-order valence-corrected chi connectivity index (χ4v) is 3.08. The average Bonchev–Trinajstić information content (AvgIpc) is 3.45. The molecule has 1 atom stereocenters. The van der Waals surface area contributed by atoms with Gasteiger partial charge >= 0.3 is 0 Å². The van der Waals surface area contributed by atoms with E-state index in [1.54, 1.807) is 12.1 Å². The van der Waals surface area contributed by atoms with Crippen LogP contribution in [0.2, 0.25) is 0 Å². The van der Waals surface area contributed by atoms with Crippen molar-refractivity contribution in [2.45, 2.75) is 31.7 Å². The van der Waals surface area contributed by atoms with Crippen LogP contribution in [0.1, 0.15) is 36.0 Å². The molecule has 0 unspecified atom stereocenters. The van der Waals surface area contributed by atoms with Crippen LogP contribution >= 0.6 is 0 Å². The molecule has 0 radical (unpaired) electrons. The maximum atomic E-state index is 12.1. The monoisotopic (exact) mass is 346 g/mol. The minimum absolute atomic E-state index is 0.0333. The molecule has 0 spiro atoms. The van der Waals surface area contributed by atoms with E-state index in [0.29, 0.717) is 36.4 Å². The van der Waals surface area contributed by atoms with Gasteiger partial charge in [0, 0.05) is 37.7 Å². The summed E-state index contributed by atoms with van der Waals surface area (Å²) in [4.78, 5) is 25.9. The lowest BCUT2D eigenvalue weighted by Gasteiger charge is -2.32. The van der Waals surface area contributed by atoms with Gasteiger partial charge in [-0.3, -0.25) is 9.59 Å². The van der Waals surface area contributed by atoms with E-state index in [1.807, 2.05) is 17.0 Å². The number of piperidine rings is 1. The van der Waals surface area contributed by atoms with Gasteiger partial charge in [0.25, 0.3) is 5.91 Å². The summed E-state index contributed by atoms with van der Waals surface area (Å²) >= 11 is 0. The van der Waals surface area contributed by atoms with Crippen molar-refractivity contribution in [3.8, 4) is 5.75 Å². The summed E-state index contributed by atoms with van der Waals surface area (Å²) in [6.45, 7) is 2.16. The van der Waals surface area contributed by atoms with E-state index in [4.69, 9.17) is 9.47 Å². The molecule has 2 amide bonds. The van der Waals surface area contributed by atoms with E-state index in [2.05, 4.69) is 5.32 Å². The molecule has 1 aromatic carbocycles. The van der Waals surface area contributed by atoms with Gasteiger partial charge in [0.15, 0.2) is 0 Å². The summed E-state index contributed by atoms with van der Waals surface area (Å²) in [6, 6.07) is 7.64. The second kappa shape index (κ2) is 8.34. The first-order valence-corrected chi connectivity index (χ1v) is 8.96. The highest BCUT2D eigenvalue weighted by atomic mass is 16.5. The molecule has 1 aliphatic carbocycles. The van der Waals surface area contributed by atoms with Crippen molar-refractivity contribution in [3.63, 3.8) is 0 Å². The molecule has 0 aromatic heterocycles. The molecule has 1 aromatic rings. The van der Waals surface area contributed by atoms with Crippen LogP contribution in [0.5, 0.6) is 5.75 Å². The van der Waals surface area contributed by atoms with E-state index in [0.717, 1.165) is 32.2 Å². The zero-order chi connectivity index (χ0) is 17.6. The largest absolute Gasteiger partial charge is 0.493 e.